The summed E-state index contributed by atoms with van der Waals surface area (Å²) in [7, 11) is 1.69. The van der Waals surface area contributed by atoms with Crippen molar-refractivity contribution in [3.63, 3.8) is 0 Å². The third kappa shape index (κ3) is 2.14. The highest BCUT2D eigenvalue weighted by Crippen LogP contribution is 2.18. The number of rotatable bonds is 3. The highest BCUT2D eigenvalue weighted by atomic mass is 35.5. The van der Waals surface area contributed by atoms with Crippen LogP contribution in [0.15, 0.2) is 29.2 Å². The molecule has 0 fully saturated rings. The molecular weight excluding hydrogens is 298 g/mol. The van der Waals surface area contributed by atoms with Crippen LogP contribution < -0.4 is 10.9 Å². The lowest BCUT2D eigenvalue weighted by Crippen LogP contribution is -2.24. The van der Waals surface area contributed by atoms with Crippen molar-refractivity contribution in [3.05, 3.63) is 45.3 Å². The molecule has 3 aromatic rings. The van der Waals surface area contributed by atoms with E-state index < -0.39 is 0 Å². The number of hydrogen-bond donors (Lipinski definition) is 1. The van der Waals surface area contributed by atoms with Gasteiger partial charge in [-0.15, -0.1) is 0 Å². The molecule has 0 saturated carbocycles. The molecule has 0 amide bonds. The second kappa shape index (κ2) is 5.18. The Bertz CT molecular complexity index is 828. The second-order valence-electron chi connectivity index (χ2n) is 4.13. The molecular formula is C12H10ClN5OS. The number of halogens is 1. The first-order valence-corrected chi connectivity index (χ1v) is 6.95. The van der Waals surface area contributed by atoms with Crippen LogP contribution in [0.5, 0.6) is 0 Å². The lowest BCUT2D eigenvalue weighted by Gasteiger charge is -2.08. The lowest BCUT2D eigenvalue weighted by atomic mass is 10.2. The van der Waals surface area contributed by atoms with Crippen molar-refractivity contribution >= 4 is 40.0 Å². The molecule has 0 aliphatic carbocycles. The van der Waals surface area contributed by atoms with Gasteiger partial charge in [0.15, 0.2) is 0 Å². The molecule has 3 rings (SSSR count). The third-order valence-electron chi connectivity index (χ3n) is 2.94. The minimum absolute atomic E-state index is 0.131. The molecule has 20 heavy (non-hydrogen) atoms. The van der Waals surface area contributed by atoms with Crippen molar-refractivity contribution in [3.8, 4) is 0 Å². The summed E-state index contributed by atoms with van der Waals surface area (Å²) >= 11 is 7.15. The zero-order valence-corrected chi connectivity index (χ0v) is 12.1. The molecule has 6 nitrogen and oxygen atoms in total. The molecule has 0 bridgehead atoms. The van der Waals surface area contributed by atoms with Crippen molar-refractivity contribution < 1.29 is 0 Å². The summed E-state index contributed by atoms with van der Waals surface area (Å²) in [5.74, 6) is 0. The monoisotopic (exact) mass is 307 g/mol. The van der Waals surface area contributed by atoms with E-state index in [4.69, 9.17) is 11.6 Å². The maximum Gasteiger partial charge on any atom is 0.287 e. The van der Waals surface area contributed by atoms with Crippen molar-refractivity contribution in [1.82, 2.24) is 18.5 Å². The number of fused-ring (bicyclic) bond motifs is 1. The van der Waals surface area contributed by atoms with E-state index in [1.807, 2.05) is 18.2 Å². The first-order valence-electron chi connectivity index (χ1n) is 5.84. The van der Waals surface area contributed by atoms with Gasteiger partial charge in [0.2, 0.25) is 0 Å². The first-order chi connectivity index (χ1) is 9.70. The Labute approximate surface area is 123 Å². The predicted octanol–water partition coefficient (Wildman–Crippen LogP) is 1.99. The molecule has 0 aliphatic rings. The molecule has 0 spiro atoms. The molecule has 0 atom stereocenters. The van der Waals surface area contributed by atoms with E-state index in [0.29, 0.717) is 12.2 Å². The van der Waals surface area contributed by atoms with E-state index >= 15 is 0 Å². The van der Waals surface area contributed by atoms with E-state index in [9.17, 15) is 4.79 Å². The summed E-state index contributed by atoms with van der Waals surface area (Å²) in [4.78, 5) is 12.1. The average molecular weight is 308 g/mol. The largest absolute Gasteiger partial charge is 0.385 e. The van der Waals surface area contributed by atoms with Crippen molar-refractivity contribution in [2.45, 2.75) is 6.54 Å². The fourth-order valence-electron chi connectivity index (χ4n) is 1.90. The predicted molar refractivity (Wildman–Crippen MR) is 79.6 cm³/mol. The zero-order chi connectivity index (χ0) is 14.1. The van der Waals surface area contributed by atoms with E-state index in [1.54, 1.807) is 7.05 Å². The number of nitrogens with zero attached hydrogens (tertiary/aromatic N) is 4. The molecule has 0 saturated heterocycles. The Morgan fingerprint density at radius 3 is 3.05 bits per heavy atom. The van der Waals surface area contributed by atoms with Crippen LogP contribution in [0.2, 0.25) is 5.02 Å². The van der Waals surface area contributed by atoms with Gasteiger partial charge in [-0.25, -0.2) is 4.68 Å². The van der Waals surface area contributed by atoms with Crippen LogP contribution in [0.1, 0.15) is 5.56 Å². The van der Waals surface area contributed by atoms with Gasteiger partial charge in [-0.2, -0.15) is 13.8 Å². The van der Waals surface area contributed by atoms with Gasteiger partial charge >= 0.3 is 0 Å². The Hall–Kier alpha value is -1.99. The maximum absolute atomic E-state index is 12.1. The molecule has 102 valence electrons. The number of aromatic nitrogens is 4. The fourth-order valence-corrected chi connectivity index (χ4v) is 2.71. The highest BCUT2D eigenvalue weighted by molar-refractivity contribution is 7.00. The van der Waals surface area contributed by atoms with Crippen LogP contribution in [-0.4, -0.2) is 25.6 Å². The second-order valence-corrected chi connectivity index (χ2v) is 5.04. The van der Waals surface area contributed by atoms with Crippen molar-refractivity contribution in [1.29, 1.82) is 0 Å². The topological polar surface area (TPSA) is 72.7 Å². The van der Waals surface area contributed by atoms with Gasteiger partial charge in [0, 0.05) is 12.6 Å². The summed E-state index contributed by atoms with van der Waals surface area (Å²) in [5, 5.41) is 7.06. The van der Waals surface area contributed by atoms with Crippen LogP contribution in [-0.2, 0) is 6.54 Å². The molecule has 2 heterocycles. The lowest BCUT2D eigenvalue weighted by molar-refractivity contribution is 0.642. The zero-order valence-electron chi connectivity index (χ0n) is 10.5. The Kier molecular flexibility index (Phi) is 3.37. The number of hydrogen-bond acceptors (Lipinski definition) is 6. The summed E-state index contributed by atoms with van der Waals surface area (Å²) in [5.41, 5.74) is 2.68. The van der Waals surface area contributed by atoms with Gasteiger partial charge in [-0.1, -0.05) is 23.7 Å². The molecule has 1 N–H and O–H groups in total. The minimum Gasteiger partial charge on any atom is -0.385 e. The number of benzene rings is 1. The molecule has 2 aromatic heterocycles. The van der Waals surface area contributed by atoms with Crippen molar-refractivity contribution in [2.24, 2.45) is 0 Å². The van der Waals surface area contributed by atoms with Crippen LogP contribution in [0.4, 0.5) is 5.69 Å². The van der Waals surface area contributed by atoms with Crippen LogP contribution in [0.25, 0.3) is 11.0 Å². The van der Waals surface area contributed by atoms with Crippen molar-refractivity contribution in [2.75, 3.05) is 12.4 Å². The van der Waals surface area contributed by atoms with Gasteiger partial charge in [-0.3, -0.25) is 4.79 Å². The highest BCUT2D eigenvalue weighted by Gasteiger charge is 2.11. The van der Waals surface area contributed by atoms with E-state index in [1.165, 1.54) is 10.9 Å². The molecule has 8 heteroatoms. The van der Waals surface area contributed by atoms with Gasteiger partial charge in [0.05, 0.1) is 30.2 Å². The number of nitrogens with one attached hydrogen (secondary N) is 1. The SMILES string of the molecule is CNc1cnn(Cc2cccc3nsnc23)c(=O)c1Cl. The molecule has 0 unspecified atom stereocenters. The number of anilines is 1. The van der Waals surface area contributed by atoms with Gasteiger partial charge in [-0.05, 0) is 6.07 Å². The van der Waals surface area contributed by atoms with Gasteiger partial charge in [0.25, 0.3) is 5.56 Å². The smallest absolute Gasteiger partial charge is 0.287 e. The van der Waals surface area contributed by atoms with Crippen LogP contribution in [0, 0.1) is 0 Å². The molecule has 0 radical (unpaired) electrons. The third-order valence-corrected chi connectivity index (χ3v) is 3.85. The fraction of sp³-hybridized carbons (Fsp3) is 0.167. The van der Waals surface area contributed by atoms with Crippen LogP contribution in [0.3, 0.4) is 0 Å². The average Bonchev–Trinajstić information content (AvgIpc) is 2.93. The van der Waals surface area contributed by atoms with E-state index in [-0.39, 0.29) is 10.6 Å². The normalized spacial score (nSPS) is 10.9. The Morgan fingerprint density at radius 2 is 2.25 bits per heavy atom. The first kappa shape index (κ1) is 13.0. The maximum atomic E-state index is 12.1. The van der Waals surface area contributed by atoms with Crippen LogP contribution >= 0.6 is 23.3 Å². The van der Waals surface area contributed by atoms with Gasteiger partial charge < -0.3 is 5.32 Å². The summed E-state index contributed by atoms with van der Waals surface area (Å²) in [6.07, 6.45) is 1.53. The molecule has 1 aromatic carbocycles. The van der Waals surface area contributed by atoms with E-state index in [2.05, 4.69) is 19.2 Å². The summed E-state index contributed by atoms with van der Waals surface area (Å²) < 4.78 is 9.73. The minimum atomic E-state index is -0.335. The standard InChI is InChI=1S/C12H10ClN5OS/c1-14-9-5-15-18(12(19)10(9)13)6-7-3-2-4-8-11(7)17-20-16-8/h2-5,14H,6H2,1H3. The van der Waals surface area contributed by atoms with E-state index in [0.717, 1.165) is 28.3 Å². The quantitative estimate of drug-likeness (QED) is 0.801. The summed E-state index contributed by atoms with van der Waals surface area (Å²) in [6, 6.07) is 5.67. The molecule has 0 aliphatic heterocycles. The Balaban J connectivity index is 2.06. The van der Waals surface area contributed by atoms with Gasteiger partial charge in [0.1, 0.15) is 16.1 Å². The Morgan fingerprint density at radius 1 is 1.40 bits per heavy atom. The summed E-state index contributed by atoms with van der Waals surface area (Å²) in [6.45, 7) is 0.311.